The van der Waals surface area contributed by atoms with Crippen LogP contribution in [0.15, 0.2) is 84.4 Å². The Morgan fingerprint density at radius 2 is 1.61 bits per heavy atom. The molecule has 3 aromatic rings. The molecule has 44 heavy (non-hydrogen) atoms. The van der Waals surface area contributed by atoms with Crippen LogP contribution in [0.4, 0.5) is 5.69 Å². The molecule has 4 aliphatic rings. The van der Waals surface area contributed by atoms with Crippen LogP contribution in [0.1, 0.15) is 35.4 Å². The standard InChI is InChI=1S/C34H31N3O7/c1-18-11-13-20(14-12-18)35-36-31(40)24-17-23-21(15-16-22-27(23)32(41)37(43)30(22)39)29(28-25(38)9-6-10-26(28)44-2)34(24,33(36)42)19-7-4-3-5-8-19/h3-15,22-24,27,29,35,38,43H,16-17H2,1-2H3. The molecule has 0 radical (unpaired) electrons. The number of allylic oxidation sites excluding steroid dienone is 2. The minimum atomic E-state index is -1.54. The van der Waals surface area contributed by atoms with Gasteiger partial charge in [-0.15, -0.1) is 0 Å². The number of methoxy groups -OCH3 is 1. The average molecular weight is 594 g/mol. The lowest BCUT2D eigenvalue weighted by Gasteiger charge is -2.50. The van der Waals surface area contributed by atoms with Gasteiger partial charge in [-0.05, 0) is 55.5 Å². The van der Waals surface area contributed by atoms with Crippen LogP contribution < -0.4 is 10.2 Å². The Bertz CT molecular complexity index is 1740. The molecule has 2 saturated heterocycles. The Balaban J connectivity index is 1.50. The van der Waals surface area contributed by atoms with Crippen LogP contribution in [-0.2, 0) is 24.6 Å². The van der Waals surface area contributed by atoms with Crippen molar-refractivity contribution in [3.8, 4) is 11.5 Å². The Morgan fingerprint density at radius 3 is 2.32 bits per heavy atom. The molecule has 3 fully saturated rings. The third-order valence-corrected chi connectivity index (χ3v) is 9.92. The number of rotatable bonds is 5. The summed E-state index contributed by atoms with van der Waals surface area (Å²) in [4.78, 5) is 55.7. The van der Waals surface area contributed by atoms with Crippen molar-refractivity contribution >= 4 is 29.3 Å². The van der Waals surface area contributed by atoms with Crippen molar-refractivity contribution < 1.29 is 34.2 Å². The summed E-state index contributed by atoms with van der Waals surface area (Å²) in [6, 6.07) is 21.1. The van der Waals surface area contributed by atoms with E-state index in [9.17, 15) is 24.7 Å². The van der Waals surface area contributed by atoms with E-state index in [2.05, 4.69) is 5.43 Å². The maximum absolute atomic E-state index is 15.0. The fourth-order valence-corrected chi connectivity index (χ4v) is 8.05. The summed E-state index contributed by atoms with van der Waals surface area (Å²) in [5.74, 6) is -6.50. The summed E-state index contributed by atoms with van der Waals surface area (Å²) in [7, 11) is 1.46. The van der Waals surface area contributed by atoms with E-state index in [0.29, 0.717) is 28.1 Å². The van der Waals surface area contributed by atoms with Crippen LogP contribution in [0.5, 0.6) is 11.5 Å². The molecule has 2 heterocycles. The van der Waals surface area contributed by atoms with E-state index in [1.165, 1.54) is 13.2 Å². The highest BCUT2D eigenvalue weighted by molar-refractivity contribution is 6.13. The van der Waals surface area contributed by atoms with Gasteiger partial charge >= 0.3 is 0 Å². The Hall–Kier alpha value is -4.96. The van der Waals surface area contributed by atoms with Gasteiger partial charge in [-0.2, -0.15) is 10.1 Å². The third kappa shape index (κ3) is 3.70. The molecule has 224 valence electrons. The smallest absolute Gasteiger partial charge is 0.260 e. The number of hydroxylamine groups is 2. The van der Waals surface area contributed by atoms with Gasteiger partial charge in [-0.3, -0.25) is 29.8 Å². The van der Waals surface area contributed by atoms with Crippen LogP contribution >= 0.6 is 0 Å². The molecule has 10 heteroatoms. The number of phenolic OH excluding ortho intramolecular Hbond substituents is 1. The summed E-state index contributed by atoms with van der Waals surface area (Å²) in [6.07, 6.45) is 2.09. The number of ether oxygens (including phenoxy) is 1. The number of nitrogens with one attached hydrogen (secondary N) is 1. The van der Waals surface area contributed by atoms with Gasteiger partial charge in [0.1, 0.15) is 11.5 Å². The van der Waals surface area contributed by atoms with Gasteiger partial charge in [0.25, 0.3) is 23.6 Å². The monoisotopic (exact) mass is 593 g/mol. The number of aryl methyl sites for hydroxylation is 1. The SMILES string of the molecule is COc1cccc(O)c1C1C2=CCC3C(=O)N(O)C(=O)C3C2CC2C(=O)N(Nc3ccc(C)cc3)C(=O)C21c1ccccc1. The number of hydrogen-bond acceptors (Lipinski definition) is 8. The normalized spacial score (nSPS) is 29.2. The zero-order valence-electron chi connectivity index (χ0n) is 24.1. The summed E-state index contributed by atoms with van der Waals surface area (Å²) >= 11 is 0. The van der Waals surface area contributed by atoms with Gasteiger partial charge in [0.15, 0.2) is 0 Å². The largest absolute Gasteiger partial charge is 0.508 e. The highest BCUT2D eigenvalue weighted by atomic mass is 16.5. The number of benzene rings is 3. The topological polar surface area (TPSA) is 136 Å². The molecule has 0 spiro atoms. The molecular formula is C34H31N3O7. The first-order valence-corrected chi connectivity index (χ1v) is 14.6. The van der Waals surface area contributed by atoms with Crippen LogP contribution in [-0.4, -0.2) is 51.1 Å². The van der Waals surface area contributed by atoms with E-state index in [1.54, 1.807) is 48.5 Å². The number of carbonyl (C=O) groups is 4. The van der Waals surface area contributed by atoms with Crippen LogP contribution in [0.25, 0.3) is 0 Å². The van der Waals surface area contributed by atoms with Crippen molar-refractivity contribution in [2.75, 3.05) is 12.5 Å². The molecule has 1 saturated carbocycles. The van der Waals surface area contributed by atoms with Crippen molar-refractivity contribution in [3.63, 3.8) is 0 Å². The molecule has 3 N–H and O–H groups in total. The zero-order valence-corrected chi connectivity index (χ0v) is 24.1. The summed E-state index contributed by atoms with van der Waals surface area (Å²) in [6.45, 7) is 1.94. The zero-order chi connectivity index (χ0) is 30.9. The number of fused-ring (bicyclic) bond motifs is 4. The molecule has 3 aromatic carbocycles. The van der Waals surface area contributed by atoms with Crippen molar-refractivity contribution in [3.05, 3.63) is 101 Å². The van der Waals surface area contributed by atoms with Crippen molar-refractivity contribution in [1.29, 1.82) is 0 Å². The summed E-state index contributed by atoms with van der Waals surface area (Å²) in [5.41, 5.74) is 4.59. The van der Waals surface area contributed by atoms with Crippen LogP contribution in [0, 0.1) is 30.6 Å². The second kappa shape index (κ2) is 10.1. The van der Waals surface area contributed by atoms with Crippen LogP contribution in [0.2, 0.25) is 0 Å². The van der Waals surface area contributed by atoms with Gasteiger partial charge in [0, 0.05) is 11.5 Å². The highest BCUT2D eigenvalue weighted by Crippen LogP contribution is 2.65. The fraction of sp³-hybridized carbons (Fsp3) is 0.294. The van der Waals surface area contributed by atoms with Gasteiger partial charge in [-0.25, -0.2) is 0 Å². The minimum Gasteiger partial charge on any atom is -0.508 e. The highest BCUT2D eigenvalue weighted by Gasteiger charge is 2.71. The van der Waals surface area contributed by atoms with Crippen molar-refractivity contribution in [2.45, 2.75) is 31.1 Å². The maximum atomic E-state index is 15.0. The number of hydrazine groups is 1. The lowest BCUT2D eigenvalue weighted by atomic mass is 9.49. The predicted octanol–water partition coefficient (Wildman–Crippen LogP) is 4.08. The number of nitrogens with zero attached hydrogens (tertiary/aromatic N) is 2. The molecule has 2 aliphatic carbocycles. The second-order valence-electron chi connectivity index (χ2n) is 12.0. The second-order valence-corrected chi connectivity index (χ2v) is 12.0. The van der Waals surface area contributed by atoms with Gasteiger partial charge < -0.3 is 9.84 Å². The fourth-order valence-electron chi connectivity index (χ4n) is 8.05. The van der Waals surface area contributed by atoms with Crippen molar-refractivity contribution in [2.24, 2.45) is 23.7 Å². The van der Waals surface area contributed by atoms with Gasteiger partial charge in [-0.1, -0.05) is 65.7 Å². The Labute approximate surface area is 253 Å². The molecule has 6 unspecified atom stereocenters. The number of amides is 4. The molecule has 2 aliphatic heterocycles. The van der Waals surface area contributed by atoms with E-state index in [4.69, 9.17) is 4.74 Å². The van der Waals surface area contributed by atoms with Gasteiger partial charge in [0.05, 0.1) is 36.0 Å². The number of anilines is 1. The first kappa shape index (κ1) is 27.8. The Kier molecular flexibility index (Phi) is 6.36. The molecule has 10 nitrogen and oxygen atoms in total. The lowest BCUT2D eigenvalue weighted by molar-refractivity contribution is -0.173. The average Bonchev–Trinajstić information content (AvgIpc) is 3.39. The molecule has 0 bridgehead atoms. The summed E-state index contributed by atoms with van der Waals surface area (Å²) in [5, 5.41) is 23.0. The lowest BCUT2D eigenvalue weighted by Crippen LogP contribution is -2.53. The summed E-state index contributed by atoms with van der Waals surface area (Å²) < 4.78 is 5.74. The van der Waals surface area contributed by atoms with E-state index < -0.39 is 58.6 Å². The quantitative estimate of drug-likeness (QED) is 0.229. The van der Waals surface area contributed by atoms with E-state index in [-0.39, 0.29) is 23.7 Å². The van der Waals surface area contributed by atoms with E-state index in [0.717, 1.165) is 10.6 Å². The first-order valence-electron chi connectivity index (χ1n) is 14.6. The number of imide groups is 2. The maximum Gasteiger partial charge on any atom is 0.260 e. The van der Waals surface area contributed by atoms with Crippen LogP contribution in [0.3, 0.4) is 0 Å². The number of carbonyl (C=O) groups excluding carboxylic acids is 4. The number of hydrogen-bond donors (Lipinski definition) is 3. The molecule has 4 amide bonds. The minimum absolute atomic E-state index is 0.0812. The molecule has 6 atom stereocenters. The van der Waals surface area contributed by atoms with Crippen molar-refractivity contribution in [1.82, 2.24) is 10.1 Å². The molecule has 0 aromatic heterocycles. The van der Waals surface area contributed by atoms with Gasteiger partial charge in [0.2, 0.25) is 0 Å². The number of aromatic hydroxyl groups is 1. The first-order chi connectivity index (χ1) is 21.2. The predicted molar refractivity (Wildman–Crippen MR) is 157 cm³/mol. The number of phenols is 1. The van der Waals surface area contributed by atoms with E-state index in [1.807, 2.05) is 31.2 Å². The van der Waals surface area contributed by atoms with E-state index >= 15 is 4.79 Å². The molecule has 7 rings (SSSR count). The molecular weight excluding hydrogens is 562 g/mol. The third-order valence-electron chi connectivity index (χ3n) is 9.92. The Morgan fingerprint density at radius 1 is 0.886 bits per heavy atom.